The monoisotopic (exact) mass is 308 g/mol. The highest BCUT2D eigenvalue weighted by molar-refractivity contribution is 6.14. The van der Waals surface area contributed by atoms with E-state index in [0.29, 0.717) is 17.3 Å². The van der Waals surface area contributed by atoms with E-state index in [1.54, 1.807) is 13.2 Å². The SMILES string of the molecule is COc1ccccc1/C=C1\N=C(COc2ccccc2)NC1=O. The van der Waals surface area contributed by atoms with Crippen LogP contribution in [0.15, 0.2) is 65.3 Å². The first kappa shape index (κ1) is 14.8. The molecule has 0 fully saturated rings. The fraction of sp³-hybridized carbons (Fsp3) is 0.111. The molecule has 0 saturated heterocycles. The summed E-state index contributed by atoms with van der Waals surface area (Å²) in [6.07, 6.45) is 1.70. The van der Waals surface area contributed by atoms with Gasteiger partial charge in [0.2, 0.25) is 0 Å². The number of amidine groups is 1. The number of benzene rings is 2. The molecule has 1 aliphatic rings. The number of para-hydroxylation sites is 2. The largest absolute Gasteiger partial charge is 0.496 e. The van der Waals surface area contributed by atoms with Crippen molar-refractivity contribution in [2.45, 2.75) is 0 Å². The Balaban J connectivity index is 1.74. The predicted octanol–water partition coefficient (Wildman–Crippen LogP) is 2.64. The van der Waals surface area contributed by atoms with E-state index in [0.717, 1.165) is 11.3 Å². The second-order valence-electron chi connectivity index (χ2n) is 4.89. The van der Waals surface area contributed by atoms with E-state index in [-0.39, 0.29) is 12.5 Å². The molecule has 1 heterocycles. The van der Waals surface area contributed by atoms with Crippen LogP contribution in [0, 0.1) is 0 Å². The summed E-state index contributed by atoms with van der Waals surface area (Å²) >= 11 is 0. The van der Waals surface area contributed by atoms with Gasteiger partial charge in [-0.3, -0.25) is 4.79 Å². The summed E-state index contributed by atoms with van der Waals surface area (Å²) in [5, 5.41) is 2.71. The molecule has 3 rings (SSSR count). The van der Waals surface area contributed by atoms with Crippen LogP contribution in [-0.4, -0.2) is 25.5 Å². The van der Waals surface area contributed by atoms with E-state index in [9.17, 15) is 4.79 Å². The summed E-state index contributed by atoms with van der Waals surface area (Å²) in [5.41, 5.74) is 1.13. The third-order valence-electron chi connectivity index (χ3n) is 3.30. The van der Waals surface area contributed by atoms with Crippen molar-refractivity contribution in [2.24, 2.45) is 4.99 Å². The van der Waals surface area contributed by atoms with E-state index in [1.165, 1.54) is 0 Å². The first-order chi connectivity index (χ1) is 11.3. The Morgan fingerprint density at radius 2 is 1.83 bits per heavy atom. The summed E-state index contributed by atoms with van der Waals surface area (Å²) < 4.78 is 10.9. The van der Waals surface area contributed by atoms with Gasteiger partial charge in [-0.1, -0.05) is 36.4 Å². The Bertz CT molecular complexity index is 767. The predicted molar refractivity (Wildman–Crippen MR) is 88.5 cm³/mol. The molecule has 23 heavy (non-hydrogen) atoms. The smallest absolute Gasteiger partial charge is 0.275 e. The highest BCUT2D eigenvalue weighted by Gasteiger charge is 2.20. The fourth-order valence-electron chi connectivity index (χ4n) is 2.19. The number of methoxy groups -OCH3 is 1. The van der Waals surface area contributed by atoms with Crippen molar-refractivity contribution in [2.75, 3.05) is 13.7 Å². The molecular formula is C18H16N2O3. The molecule has 116 valence electrons. The molecule has 1 N–H and O–H groups in total. The minimum atomic E-state index is -0.248. The Labute approximate surface area is 134 Å². The Kier molecular flexibility index (Phi) is 4.38. The molecule has 0 aliphatic carbocycles. The third kappa shape index (κ3) is 3.58. The highest BCUT2D eigenvalue weighted by atomic mass is 16.5. The molecule has 0 aromatic heterocycles. The van der Waals surface area contributed by atoms with Crippen molar-refractivity contribution < 1.29 is 14.3 Å². The Morgan fingerprint density at radius 3 is 2.61 bits per heavy atom. The van der Waals surface area contributed by atoms with Gasteiger partial charge in [-0.05, 0) is 24.3 Å². The van der Waals surface area contributed by atoms with Gasteiger partial charge in [-0.15, -0.1) is 0 Å². The van der Waals surface area contributed by atoms with Crippen LogP contribution in [0.25, 0.3) is 6.08 Å². The molecule has 1 aliphatic heterocycles. The van der Waals surface area contributed by atoms with Crippen LogP contribution in [0.2, 0.25) is 0 Å². The van der Waals surface area contributed by atoms with Gasteiger partial charge < -0.3 is 14.8 Å². The molecular weight excluding hydrogens is 292 g/mol. The number of amides is 1. The lowest BCUT2D eigenvalue weighted by molar-refractivity contribution is -0.115. The minimum Gasteiger partial charge on any atom is -0.496 e. The number of carbonyl (C=O) groups is 1. The summed E-state index contributed by atoms with van der Waals surface area (Å²) in [6, 6.07) is 16.8. The van der Waals surface area contributed by atoms with Gasteiger partial charge in [0.25, 0.3) is 5.91 Å². The van der Waals surface area contributed by atoms with Gasteiger partial charge in [-0.25, -0.2) is 4.99 Å². The Morgan fingerprint density at radius 1 is 1.09 bits per heavy atom. The van der Waals surface area contributed by atoms with Crippen LogP contribution in [0.5, 0.6) is 11.5 Å². The van der Waals surface area contributed by atoms with Gasteiger partial charge in [0.05, 0.1) is 7.11 Å². The molecule has 1 amide bonds. The summed E-state index contributed by atoms with van der Waals surface area (Å²) in [5.74, 6) is 1.66. The zero-order valence-electron chi connectivity index (χ0n) is 12.7. The van der Waals surface area contributed by atoms with E-state index in [1.807, 2.05) is 54.6 Å². The van der Waals surface area contributed by atoms with Crippen LogP contribution in [0.1, 0.15) is 5.56 Å². The molecule has 0 atom stereocenters. The average Bonchev–Trinajstić information content (AvgIpc) is 2.94. The summed E-state index contributed by atoms with van der Waals surface area (Å²) in [4.78, 5) is 16.3. The molecule has 5 nitrogen and oxygen atoms in total. The molecule has 0 bridgehead atoms. The van der Waals surface area contributed by atoms with Crippen LogP contribution in [-0.2, 0) is 4.79 Å². The maximum absolute atomic E-state index is 12.0. The molecule has 0 spiro atoms. The zero-order valence-corrected chi connectivity index (χ0v) is 12.7. The normalized spacial score (nSPS) is 15.3. The van der Waals surface area contributed by atoms with Crippen LogP contribution < -0.4 is 14.8 Å². The van der Waals surface area contributed by atoms with E-state index in [2.05, 4.69) is 10.3 Å². The highest BCUT2D eigenvalue weighted by Crippen LogP contribution is 2.22. The second-order valence-corrected chi connectivity index (χ2v) is 4.89. The van der Waals surface area contributed by atoms with E-state index >= 15 is 0 Å². The maximum Gasteiger partial charge on any atom is 0.275 e. The number of rotatable bonds is 5. The van der Waals surface area contributed by atoms with Crippen LogP contribution >= 0.6 is 0 Å². The second kappa shape index (κ2) is 6.79. The lowest BCUT2D eigenvalue weighted by Crippen LogP contribution is -2.28. The fourth-order valence-corrected chi connectivity index (χ4v) is 2.19. The lowest BCUT2D eigenvalue weighted by atomic mass is 10.1. The molecule has 0 unspecified atom stereocenters. The van der Waals surface area contributed by atoms with Crippen molar-refractivity contribution in [3.05, 3.63) is 65.9 Å². The quantitative estimate of drug-likeness (QED) is 0.864. The van der Waals surface area contributed by atoms with Crippen LogP contribution in [0.4, 0.5) is 0 Å². The maximum atomic E-state index is 12.0. The summed E-state index contributed by atoms with van der Waals surface area (Å²) in [6.45, 7) is 0.207. The van der Waals surface area contributed by atoms with Crippen LogP contribution in [0.3, 0.4) is 0 Å². The first-order valence-corrected chi connectivity index (χ1v) is 7.18. The third-order valence-corrected chi connectivity index (χ3v) is 3.30. The molecule has 2 aromatic carbocycles. The summed E-state index contributed by atoms with van der Waals surface area (Å²) in [7, 11) is 1.59. The van der Waals surface area contributed by atoms with Crippen molar-refractivity contribution >= 4 is 17.8 Å². The van der Waals surface area contributed by atoms with Gasteiger partial charge in [0.1, 0.15) is 29.6 Å². The van der Waals surface area contributed by atoms with Crippen molar-refractivity contribution in [1.82, 2.24) is 5.32 Å². The number of hydrogen-bond donors (Lipinski definition) is 1. The number of nitrogens with one attached hydrogen (secondary N) is 1. The minimum absolute atomic E-state index is 0.207. The van der Waals surface area contributed by atoms with Gasteiger partial charge in [0.15, 0.2) is 0 Å². The van der Waals surface area contributed by atoms with Crippen molar-refractivity contribution in [1.29, 1.82) is 0 Å². The van der Waals surface area contributed by atoms with Gasteiger partial charge >= 0.3 is 0 Å². The molecule has 2 aromatic rings. The van der Waals surface area contributed by atoms with E-state index in [4.69, 9.17) is 9.47 Å². The lowest BCUT2D eigenvalue weighted by Gasteiger charge is -2.04. The van der Waals surface area contributed by atoms with Gasteiger partial charge in [0, 0.05) is 5.56 Å². The van der Waals surface area contributed by atoms with Crippen molar-refractivity contribution in [3.63, 3.8) is 0 Å². The Hall–Kier alpha value is -3.08. The topological polar surface area (TPSA) is 59.9 Å². The first-order valence-electron chi connectivity index (χ1n) is 7.18. The van der Waals surface area contributed by atoms with Crippen molar-refractivity contribution in [3.8, 4) is 11.5 Å². The molecule has 0 saturated carbocycles. The zero-order chi connectivity index (χ0) is 16.1. The van der Waals surface area contributed by atoms with E-state index < -0.39 is 0 Å². The number of nitrogens with zero attached hydrogens (tertiary/aromatic N) is 1. The van der Waals surface area contributed by atoms with Gasteiger partial charge in [-0.2, -0.15) is 0 Å². The number of hydrogen-bond acceptors (Lipinski definition) is 4. The number of carbonyl (C=O) groups excluding carboxylic acids is 1. The average molecular weight is 308 g/mol. The molecule has 5 heteroatoms. The standard InChI is InChI=1S/C18H16N2O3/c1-22-16-10-6-5-7-13(16)11-15-18(21)20-17(19-15)12-23-14-8-3-2-4-9-14/h2-11H,12H2,1H3,(H,19,20,21)/b15-11-. The number of aliphatic imine (C=N–C) groups is 1. The molecule has 0 radical (unpaired) electrons. The number of ether oxygens (including phenoxy) is 2.